The maximum absolute atomic E-state index is 11.0. The molecule has 0 aliphatic heterocycles. The van der Waals surface area contributed by atoms with E-state index in [0.29, 0.717) is 24.5 Å². The van der Waals surface area contributed by atoms with Crippen LogP contribution in [0.15, 0.2) is 47.5 Å². The first-order valence-corrected chi connectivity index (χ1v) is 8.04. The minimum Gasteiger partial charge on any atom is -0.370 e. The third-order valence-corrected chi connectivity index (χ3v) is 4.22. The highest BCUT2D eigenvalue weighted by Gasteiger charge is 2.12. The van der Waals surface area contributed by atoms with E-state index >= 15 is 0 Å². The molecule has 0 heterocycles. The summed E-state index contributed by atoms with van der Waals surface area (Å²) in [7, 11) is 0. The summed E-state index contributed by atoms with van der Waals surface area (Å²) in [6.45, 7) is 0.397. The number of nitrogens with one attached hydrogen (secondary N) is 1. The Balaban J connectivity index is 0.00000225. The number of hydrogen-bond donors (Lipinski definition) is 2. The second-order valence-electron chi connectivity index (χ2n) is 5.86. The number of aliphatic imine (C=N–C) groups is 1. The second kappa shape index (κ2) is 8.80. The summed E-state index contributed by atoms with van der Waals surface area (Å²) >= 11 is 0. The van der Waals surface area contributed by atoms with Crippen molar-refractivity contribution in [1.82, 2.24) is 0 Å². The third-order valence-electron chi connectivity index (χ3n) is 4.22. The molecule has 0 saturated carbocycles. The first-order valence-electron chi connectivity index (χ1n) is 8.04. The van der Waals surface area contributed by atoms with Crippen LogP contribution in [0.1, 0.15) is 23.1 Å². The minimum absolute atomic E-state index is 0. The molecule has 0 atom stereocenters. The van der Waals surface area contributed by atoms with E-state index in [4.69, 9.17) is 5.73 Å². The van der Waals surface area contributed by atoms with Gasteiger partial charge in [-0.25, -0.2) is 0 Å². The molecule has 132 valence electrons. The van der Waals surface area contributed by atoms with Gasteiger partial charge in [0.1, 0.15) is 0 Å². The number of halogens is 1. The van der Waals surface area contributed by atoms with Gasteiger partial charge < -0.3 is 11.1 Å². The van der Waals surface area contributed by atoms with Crippen LogP contribution in [0, 0.1) is 10.1 Å². The number of nitrogens with zero attached hydrogens (tertiary/aromatic N) is 2. The zero-order chi connectivity index (χ0) is 16.9. The number of nitro groups is 1. The van der Waals surface area contributed by atoms with E-state index in [1.807, 2.05) is 6.07 Å². The lowest BCUT2D eigenvalue weighted by molar-refractivity contribution is -0.385. The van der Waals surface area contributed by atoms with Crippen molar-refractivity contribution in [3.8, 4) is 0 Å². The van der Waals surface area contributed by atoms with Crippen molar-refractivity contribution in [2.75, 3.05) is 11.9 Å². The highest BCUT2D eigenvalue weighted by atomic mass is 127. The summed E-state index contributed by atoms with van der Waals surface area (Å²) in [6.07, 6.45) is 3.94. The Bertz CT molecular complexity index is 792. The van der Waals surface area contributed by atoms with Crippen molar-refractivity contribution in [3.63, 3.8) is 0 Å². The van der Waals surface area contributed by atoms with Crippen LogP contribution in [-0.2, 0) is 19.3 Å². The molecule has 0 radical (unpaired) electrons. The van der Waals surface area contributed by atoms with Gasteiger partial charge in [0, 0.05) is 23.9 Å². The predicted molar refractivity (Wildman–Crippen MR) is 111 cm³/mol. The Labute approximate surface area is 163 Å². The molecule has 0 unspecified atom stereocenters. The largest absolute Gasteiger partial charge is 0.370 e. The topological polar surface area (TPSA) is 93.5 Å². The molecule has 3 N–H and O–H groups in total. The number of benzene rings is 2. The van der Waals surface area contributed by atoms with Crippen molar-refractivity contribution in [3.05, 3.63) is 69.3 Å². The Kier molecular flexibility index (Phi) is 6.74. The molecular weight excluding hydrogens is 431 g/mol. The number of nitro benzene ring substituents is 1. The maximum Gasteiger partial charge on any atom is 0.272 e. The fourth-order valence-electron chi connectivity index (χ4n) is 3.03. The minimum atomic E-state index is -0.370. The van der Waals surface area contributed by atoms with Gasteiger partial charge >= 0.3 is 0 Å². The number of rotatable bonds is 5. The number of aryl methyl sites for hydroxylation is 2. The molecule has 7 heteroatoms. The molecule has 6 nitrogen and oxygen atoms in total. The number of hydrogen-bond acceptors (Lipinski definition) is 3. The first kappa shape index (κ1) is 19.2. The van der Waals surface area contributed by atoms with E-state index in [9.17, 15) is 10.1 Å². The number of anilines is 1. The van der Waals surface area contributed by atoms with Gasteiger partial charge in [-0.3, -0.25) is 15.1 Å². The zero-order valence-electron chi connectivity index (χ0n) is 13.8. The van der Waals surface area contributed by atoms with E-state index in [1.54, 1.807) is 18.2 Å². The number of nitrogens with two attached hydrogens (primary N) is 1. The Morgan fingerprint density at radius 3 is 2.76 bits per heavy atom. The van der Waals surface area contributed by atoms with Crippen LogP contribution in [0.4, 0.5) is 11.4 Å². The number of para-hydroxylation sites is 1. The van der Waals surface area contributed by atoms with E-state index < -0.39 is 0 Å². The van der Waals surface area contributed by atoms with Crippen molar-refractivity contribution < 1.29 is 4.92 Å². The van der Waals surface area contributed by atoms with Crippen molar-refractivity contribution in [2.45, 2.75) is 25.7 Å². The molecule has 2 aromatic rings. The van der Waals surface area contributed by atoms with Gasteiger partial charge in [0.2, 0.25) is 0 Å². The summed E-state index contributed by atoms with van der Waals surface area (Å²) in [4.78, 5) is 14.9. The van der Waals surface area contributed by atoms with Crippen molar-refractivity contribution >= 4 is 41.3 Å². The average Bonchev–Trinajstić information content (AvgIpc) is 3.03. The first-order chi connectivity index (χ1) is 11.6. The summed E-state index contributed by atoms with van der Waals surface area (Å²) in [5, 5.41) is 14.1. The molecule has 1 aliphatic carbocycles. The molecule has 3 rings (SSSR count). The Morgan fingerprint density at radius 1 is 1.20 bits per heavy atom. The normalized spacial score (nSPS) is 13.0. The van der Waals surface area contributed by atoms with Gasteiger partial charge in [0.15, 0.2) is 5.96 Å². The molecule has 25 heavy (non-hydrogen) atoms. The number of fused-ring (bicyclic) bond motifs is 1. The highest BCUT2D eigenvalue weighted by molar-refractivity contribution is 14.0. The smallest absolute Gasteiger partial charge is 0.272 e. The summed E-state index contributed by atoms with van der Waals surface area (Å²) in [5.41, 5.74) is 10.4. The Hall–Kier alpha value is -2.16. The molecule has 0 aromatic heterocycles. The second-order valence-corrected chi connectivity index (χ2v) is 5.86. The van der Waals surface area contributed by atoms with E-state index in [1.165, 1.54) is 23.6 Å². The standard InChI is InChI=1S/C18H20N4O2.HI/c19-18(21-16-9-8-13-5-3-6-15(13)12-16)20-11-10-14-4-1-2-7-17(14)22(23)24;/h1-2,4,7-9,12H,3,5-6,10-11H2,(H3,19,20,21);1H. The van der Waals surface area contributed by atoms with Crippen LogP contribution in [0.5, 0.6) is 0 Å². The zero-order valence-corrected chi connectivity index (χ0v) is 16.1. The van der Waals surface area contributed by atoms with Gasteiger partial charge in [0.05, 0.1) is 4.92 Å². The van der Waals surface area contributed by atoms with Gasteiger partial charge in [-0.05, 0) is 48.9 Å². The van der Waals surface area contributed by atoms with Crippen LogP contribution in [-0.4, -0.2) is 17.4 Å². The predicted octanol–water partition coefficient (Wildman–Crippen LogP) is 3.67. The summed E-state index contributed by atoms with van der Waals surface area (Å²) < 4.78 is 0. The van der Waals surface area contributed by atoms with Crippen LogP contribution in [0.3, 0.4) is 0 Å². The highest BCUT2D eigenvalue weighted by Crippen LogP contribution is 2.24. The van der Waals surface area contributed by atoms with Crippen molar-refractivity contribution in [2.24, 2.45) is 10.7 Å². The fourth-order valence-corrected chi connectivity index (χ4v) is 3.03. The van der Waals surface area contributed by atoms with Crippen LogP contribution < -0.4 is 11.1 Å². The molecule has 0 bridgehead atoms. The fraction of sp³-hybridized carbons (Fsp3) is 0.278. The lowest BCUT2D eigenvalue weighted by Crippen LogP contribution is -2.23. The molecule has 0 spiro atoms. The lowest BCUT2D eigenvalue weighted by atomic mass is 10.1. The monoisotopic (exact) mass is 452 g/mol. The van der Waals surface area contributed by atoms with E-state index in [-0.39, 0.29) is 34.6 Å². The van der Waals surface area contributed by atoms with Crippen LogP contribution in [0.2, 0.25) is 0 Å². The number of guanidine groups is 1. The molecule has 0 saturated heterocycles. The summed E-state index contributed by atoms with van der Waals surface area (Å²) in [6, 6.07) is 13.0. The molecule has 1 aliphatic rings. The van der Waals surface area contributed by atoms with Crippen LogP contribution >= 0.6 is 24.0 Å². The molecule has 0 fully saturated rings. The average molecular weight is 452 g/mol. The maximum atomic E-state index is 11.0. The molecule has 0 amide bonds. The molecule has 2 aromatic carbocycles. The quantitative estimate of drug-likeness (QED) is 0.238. The van der Waals surface area contributed by atoms with Gasteiger partial charge in [0.25, 0.3) is 5.69 Å². The third kappa shape index (κ3) is 4.91. The van der Waals surface area contributed by atoms with E-state index in [2.05, 4.69) is 22.4 Å². The van der Waals surface area contributed by atoms with Gasteiger partial charge in [-0.15, -0.1) is 24.0 Å². The van der Waals surface area contributed by atoms with Crippen LogP contribution in [0.25, 0.3) is 0 Å². The van der Waals surface area contributed by atoms with E-state index in [0.717, 1.165) is 18.5 Å². The lowest BCUT2D eigenvalue weighted by Gasteiger charge is -2.08. The SMILES string of the molecule is I.NC(=NCCc1ccccc1[N+](=O)[O-])Nc1ccc2c(c1)CCC2. The summed E-state index contributed by atoms with van der Waals surface area (Å²) in [5.74, 6) is 0.325. The molecular formula is C18H21IN4O2. The van der Waals surface area contributed by atoms with Crippen molar-refractivity contribution in [1.29, 1.82) is 0 Å². The Morgan fingerprint density at radius 2 is 1.96 bits per heavy atom. The van der Waals surface area contributed by atoms with Gasteiger partial charge in [-0.2, -0.15) is 0 Å². The van der Waals surface area contributed by atoms with Gasteiger partial charge in [-0.1, -0.05) is 24.3 Å².